The Morgan fingerprint density at radius 3 is 2.60 bits per heavy atom. The van der Waals surface area contributed by atoms with Crippen LogP contribution in [0.3, 0.4) is 0 Å². The zero-order chi connectivity index (χ0) is 21.7. The highest BCUT2D eigenvalue weighted by Gasteiger charge is 2.35. The lowest BCUT2D eigenvalue weighted by molar-refractivity contribution is -0.123. The summed E-state index contributed by atoms with van der Waals surface area (Å²) in [6, 6.07) is 11.5. The summed E-state index contributed by atoms with van der Waals surface area (Å²) >= 11 is 0.843. The second-order valence-corrected chi connectivity index (χ2v) is 7.83. The van der Waals surface area contributed by atoms with E-state index < -0.39 is 17.0 Å². The fourth-order valence-corrected chi connectivity index (χ4v) is 3.70. The number of amides is 2. The Kier molecular flexibility index (Phi) is 7.15. The Hall–Kier alpha value is -2.80. The highest BCUT2D eigenvalue weighted by atomic mass is 32.2. The fourth-order valence-electron chi connectivity index (χ4n) is 2.86. The highest BCUT2D eigenvalue weighted by molar-refractivity contribution is 8.18. The van der Waals surface area contributed by atoms with E-state index in [0.717, 1.165) is 23.1 Å². The van der Waals surface area contributed by atoms with Gasteiger partial charge in [0, 0.05) is 5.56 Å². The van der Waals surface area contributed by atoms with Gasteiger partial charge in [-0.1, -0.05) is 31.2 Å². The molecule has 2 aromatic rings. The lowest BCUT2D eigenvalue weighted by Gasteiger charge is -2.16. The van der Waals surface area contributed by atoms with Crippen LogP contribution >= 0.6 is 11.8 Å². The molecule has 0 saturated carbocycles. The van der Waals surface area contributed by atoms with Crippen LogP contribution in [0.25, 0.3) is 6.08 Å². The number of imide groups is 1. The van der Waals surface area contributed by atoms with E-state index in [-0.39, 0.29) is 17.6 Å². The normalized spacial score (nSPS) is 16.3. The third-order valence-electron chi connectivity index (χ3n) is 4.63. The van der Waals surface area contributed by atoms with Crippen molar-refractivity contribution in [2.75, 3.05) is 6.61 Å². The van der Waals surface area contributed by atoms with E-state index in [9.17, 15) is 14.0 Å². The standard InChI is InChI=1S/C23H24FNO4S/c1-4-15(3)29-19-11-10-16(12-20(19)28-5-2)13-21-22(26)25(23(27)30-21)14-17-8-6-7-9-18(17)24/h6-13,15H,4-5,14H2,1-3H3/b21-13+/t15-/m0/s1. The van der Waals surface area contributed by atoms with Crippen LogP contribution in [0.1, 0.15) is 38.3 Å². The van der Waals surface area contributed by atoms with Gasteiger partial charge in [0.15, 0.2) is 11.5 Å². The van der Waals surface area contributed by atoms with Gasteiger partial charge in [0.25, 0.3) is 11.1 Å². The van der Waals surface area contributed by atoms with Crippen LogP contribution in [-0.4, -0.2) is 28.8 Å². The first-order chi connectivity index (χ1) is 14.4. The van der Waals surface area contributed by atoms with Crippen molar-refractivity contribution in [1.82, 2.24) is 4.90 Å². The van der Waals surface area contributed by atoms with Crippen LogP contribution < -0.4 is 9.47 Å². The molecule has 1 fully saturated rings. The number of nitrogens with zero attached hydrogens (tertiary/aromatic N) is 1. The molecule has 1 aliphatic rings. The van der Waals surface area contributed by atoms with Crippen molar-refractivity contribution in [3.63, 3.8) is 0 Å². The molecule has 2 amide bonds. The van der Waals surface area contributed by atoms with Crippen LogP contribution in [0.2, 0.25) is 0 Å². The zero-order valence-corrected chi connectivity index (χ0v) is 18.0. The Balaban J connectivity index is 1.82. The minimum Gasteiger partial charge on any atom is -0.490 e. The molecule has 1 atom stereocenters. The predicted molar refractivity (Wildman–Crippen MR) is 116 cm³/mol. The highest BCUT2D eigenvalue weighted by Crippen LogP contribution is 2.36. The molecule has 5 nitrogen and oxygen atoms in total. The van der Waals surface area contributed by atoms with Gasteiger partial charge in [0.1, 0.15) is 5.82 Å². The number of carbonyl (C=O) groups is 2. The van der Waals surface area contributed by atoms with Gasteiger partial charge in [0.05, 0.1) is 24.2 Å². The van der Waals surface area contributed by atoms with Gasteiger partial charge in [-0.05, 0) is 61.9 Å². The van der Waals surface area contributed by atoms with Gasteiger partial charge in [-0.2, -0.15) is 0 Å². The Labute approximate surface area is 179 Å². The van der Waals surface area contributed by atoms with Crippen LogP contribution in [0.15, 0.2) is 47.4 Å². The maximum Gasteiger partial charge on any atom is 0.293 e. The summed E-state index contributed by atoms with van der Waals surface area (Å²) in [5.41, 5.74) is 1.01. The van der Waals surface area contributed by atoms with Crippen molar-refractivity contribution in [2.24, 2.45) is 0 Å². The number of carbonyl (C=O) groups excluding carboxylic acids is 2. The molecule has 7 heteroatoms. The molecule has 158 valence electrons. The lowest BCUT2D eigenvalue weighted by atomic mass is 10.1. The molecule has 1 heterocycles. The van der Waals surface area contributed by atoms with Crippen molar-refractivity contribution >= 4 is 29.0 Å². The Morgan fingerprint density at radius 2 is 1.90 bits per heavy atom. The van der Waals surface area contributed by atoms with Gasteiger partial charge in [-0.15, -0.1) is 0 Å². The Morgan fingerprint density at radius 1 is 1.13 bits per heavy atom. The number of rotatable bonds is 8. The molecule has 1 aliphatic heterocycles. The lowest BCUT2D eigenvalue weighted by Crippen LogP contribution is -2.27. The Bertz CT molecular complexity index is 975. The first-order valence-corrected chi connectivity index (χ1v) is 10.7. The predicted octanol–water partition coefficient (Wildman–Crippen LogP) is 5.64. The van der Waals surface area contributed by atoms with E-state index in [1.54, 1.807) is 36.4 Å². The van der Waals surface area contributed by atoms with Gasteiger partial charge in [0.2, 0.25) is 0 Å². The number of hydrogen-bond acceptors (Lipinski definition) is 5. The van der Waals surface area contributed by atoms with Crippen molar-refractivity contribution in [3.8, 4) is 11.5 Å². The summed E-state index contributed by atoms with van der Waals surface area (Å²) in [5, 5.41) is -0.420. The summed E-state index contributed by atoms with van der Waals surface area (Å²) < 4.78 is 25.5. The molecule has 30 heavy (non-hydrogen) atoms. The molecule has 0 unspecified atom stereocenters. The molecular weight excluding hydrogens is 405 g/mol. The van der Waals surface area contributed by atoms with Gasteiger partial charge < -0.3 is 9.47 Å². The average Bonchev–Trinajstić information content (AvgIpc) is 2.99. The van der Waals surface area contributed by atoms with Crippen molar-refractivity contribution in [2.45, 2.75) is 39.8 Å². The van der Waals surface area contributed by atoms with Crippen molar-refractivity contribution < 1.29 is 23.5 Å². The third-order valence-corrected chi connectivity index (χ3v) is 5.54. The maximum absolute atomic E-state index is 13.9. The second-order valence-electron chi connectivity index (χ2n) is 6.84. The van der Waals surface area contributed by atoms with E-state index in [2.05, 4.69) is 0 Å². The number of benzene rings is 2. The van der Waals surface area contributed by atoms with Crippen LogP contribution in [0.5, 0.6) is 11.5 Å². The molecule has 0 aliphatic carbocycles. The summed E-state index contributed by atoms with van der Waals surface area (Å²) in [4.78, 5) is 26.4. The van der Waals surface area contributed by atoms with Crippen molar-refractivity contribution in [3.05, 3.63) is 64.3 Å². The quantitative estimate of drug-likeness (QED) is 0.509. The third kappa shape index (κ3) is 5.02. The SMILES string of the molecule is CCOc1cc(/C=C2/SC(=O)N(Cc3ccccc3F)C2=O)ccc1O[C@@H](C)CC. The molecule has 0 spiro atoms. The minimum atomic E-state index is -0.446. The van der Waals surface area contributed by atoms with Crippen LogP contribution in [0.4, 0.5) is 9.18 Å². The van der Waals surface area contributed by atoms with E-state index in [4.69, 9.17) is 9.47 Å². The molecule has 0 N–H and O–H groups in total. The molecule has 2 aromatic carbocycles. The first kappa shape index (κ1) is 21.9. The number of hydrogen-bond donors (Lipinski definition) is 0. The van der Waals surface area contributed by atoms with Crippen molar-refractivity contribution in [1.29, 1.82) is 0 Å². The smallest absolute Gasteiger partial charge is 0.293 e. The van der Waals surface area contributed by atoms with E-state index in [1.807, 2.05) is 26.8 Å². The molecule has 0 aromatic heterocycles. The second kappa shape index (κ2) is 9.80. The molecule has 0 bridgehead atoms. The van der Waals surface area contributed by atoms with Gasteiger partial charge >= 0.3 is 0 Å². The van der Waals surface area contributed by atoms with E-state index in [0.29, 0.717) is 29.2 Å². The number of thioether (sulfide) groups is 1. The summed E-state index contributed by atoms with van der Waals surface area (Å²) in [7, 11) is 0. The fraction of sp³-hybridized carbons (Fsp3) is 0.304. The van der Waals surface area contributed by atoms with Crippen LogP contribution in [0, 0.1) is 5.82 Å². The molecule has 3 rings (SSSR count). The zero-order valence-electron chi connectivity index (χ0n) is 17.2. The monoisotopic (exact) mass is 429 g/mol. The summed E-state index contributed by atoms with van der Waals surface area (Å²) in [6.07, 6.45) is 2.55. The van der Waals surface area contributed by atoms with Gasteiger partial charge in [-0.25, -0.2) is 4.39 Å². The van der Waals surface area contributed by atoms with E-state index >= 15 is 0 Å². The van der Waals surface area contributed by atoms with Crippen LogP contribution in [-0.2, 0) is 11.3 Å². The number of halogens is 1. The largest absolute Gasteiger partial charge is 0.490 e. The maximum atomic E-state index is 13.9. The topological polar surface area (TPSA) is 55.8 Å². The first-order valence-electron chi connectivity index (χ1n) is 9.85. The summed E-state index contributed by atoms with van der Waals surface area (Å²) in [5.74, 6) is 0.332. The minimum absolute atomic E-state index is 0.0462. The summed E-state index contributed by atoms with van der Waals surface area (Å²) in [6.45, 7) is 6.28. The molecular formula is C23H24FNO4S. The average molecular weight is 430 g/mol. The van der Waals surface area contributed by atoms with E-state index in [1.165, 1.54) is 6.07 Å². The molecule has 0 radical (unpaired) electrons. The number of ether oxygens (including phenoxy) is 2. The van der Waals surface area contributed by atoms with Gasteiger partial charge in [-0.3, -0.25) is 14.5 Å². The molecule has 1 saturated heterocycles.